The molecule has 0 amide bonds. The van der Waals surface area contributed by atoms with Gasteiger partial charge in [-0.15, -0.1) is 0 Å². The molecule has 0 atom stereocenters. The van der Waals surface area contributed by atoms with E-state index in [0.717, 1.165) is 4.47 Å². The Labute approximate surface area is 138 Å². The van der Waals surface area contributed by atoms with E-state index in [-0.39, 0.29) is 10.8 Å². The van der Waals surface area contributed by atoms with Crippen molar-refractivity contribution in [2.75, 3.05) is 12.4 Å². The Morgan fingerprint density at radius 2 is 1.67 bits per heavy atom. The molecule has 0 unspecified atom stereocenters. The van der Waals surface area contributed by atoms with Crippen LogP contribution in [0.5, 0.6) is 0 Å². The Morgan fingerprint density at radius 1 is 1.14 bits per heavy atom. The summed E-state index contributed by atoms with van der Waals surface area (Å²) in [5.41, 5.74) is 0. The minimum Gasteiger partial charge on any atom is -0.417 e. The van der Waals surface area contributed by atoms with Gasteiger partial charge in [0, 0.05) is 11.1 Å². The van der Waals surface area contributed by atoms with Gasteiger partial charge in [-0.25, -0.2) is 8.42 Å². The van der Waals surface area contributed by atoms with E-state index in [1.807, 2.05) is 0 Å². The lowest BCUT2D eigenvalue weighted by Crippen LogP contribution is -2.41. The summed E-state index contributed by atoms with van der Waals surface area (Å²) in [6, 6.07) is 6.76. The van der Waals surface area contributed by atoms with E-state index >= 15 is 0 Å². The zero-order valence-corrected chi connectivity index (χ0v) is 16.8. The van der Waals surface area contributed by atoms with Crippen LogP contribution in [0.1, 0.15) is 27.2 Å². The van der Waals surface area contributed by atoms with Gasteiger partial charge in [0.25, 0.3) is 0 Å². The van der Waals surface area contributed by atoms with Crippen LogP contribution >= 0.6 is 15.9 Å². The average molecular weight is 393 g/mol. The van der Waals surface area contributed by atoms with Gasteiger partial charge in [0.05, 0.1) is 10.6 Å². The van der Waals surface area contributed by atoms with Gasteiger partial charge in [-0.05, 0) is 48.8 Å². The smallest absolute Gasteiger partial charge is 0.191 e. The number of rotatable bonds is 6. The zero-order chi connectivity index (χ0) is 16.3. The second-order valence-corrected chi connectivity index (χ2v) is 14.6. The Morgan fingerprint density at radius 3 is 2.14 bits per heavy atom. The molecule has 120 valence electrons. The van der Waals surface area contributed by atoms with Crippen molar-refractivity contribution in [1.82, 2.24) is 0 Å². The zero-order valence-electron chi connectivity index (χ0n) is 13.4. The van der Waals surface area contributed by atoms with Crippen LogP contribution in [0.25, 0.3) is 0 Å². The third-order valence-corrected chi connectivity index (χ3v) is 10.9. The second kappa shape index (κ2) is 6.94. The normalized spacial score (nSPS) is 13.4. The van der Waals surface area contributed by atoms with Gasteiger partial charge in [0.2, 0.25) is 0 Å². The van der Waals surface area contributed by atoms with Crippen molar-refractivity contribution in [2.45, 2.75) is 50.2 Å². The van der Waals surface area contributed by atoms with Crippen molar-refractivity contribution in [2.24, 2.45) is 0 Å². The largest absolute Gasteiger partial charge is 0.417 e. The lowest BCUT2D eigenvalue weighted by Gasteiger charge is -2.36. The molecular formula is C15H25BrO3SSi. The van der Waals surface area contributed by atoms with Gasteiger partial charge in [0.15, 0.2) is 18.2 Å². The molecule has 0 saturated carbocycles. The predicted octanol–water partition coefficient (Wildman–Crippen LogP) is 4.63. The number of hydrogen-bond donors (Lipinski definition) is 0. The lowest BCUT2D eigenvalue weighted by atomic mass is 10.2. The molecule has 0 aliphatic carbocycles. The third kappa shape index (κ3) is 5.51. The molecule has 0 spiro atoms. The molecule has 0 radical (unpaired) electrons. The fraction of sp³-hybridized carbons (Fsp3) is 0.600. The molecule has 1 aromatic rings. The first-order valence-corrected chi connectivity index (χ1v) is 12.4. The minimum atomic E-state index is -3.22. The summed E-state index contributed by atoms with van der Waals surface area (Å²) < 4.78 is 31.3. The van der Waals surface area contributed by atoms with E-state index in [1.54, 1.807) is 24.3 Å². The molecule has 0 aliphatic heterocycles. The highest BCUT2D eigenvalue weighted by Crippen LogP contribution is 2.36. The fourth-order valence-electron chi connectivity index (χ4n) is 1.55. The highest BCUT2D eigenvalue weighted by Gasteiger charge is 2.36. The van der Waals surface area contributed by atoms with Crippen molar-refractivity contribution in [1.29, 1.82) is 0 Å². The molecule has 6 heteroatoms. The van der Waals surface area contributed by atoms with Crippen molar-refractivity contribution < 1.29 is 12.8 Å². The van der Waals surface area contributed by atoms with Gasteiger partial charge >= 0.3 is 0 Å². The standard InChI is InChI=1S/C15H25BrO3SSi/c1-15(2,3)21(4,5)19-11-6-12-20(17,18)14-9-7-13(16)8-10-14/h7-10H,6,11-12H2,1-5H3. The fourth-order valence-corrected chi connectivity index (χ4v) is 4.19. The summed E-state index contributed by atoms with van der Waals surface area (Å²) >= 11 is 3.31. The molecule has 1 aromatic carbocycles. The van der Waals surface area contributed by atoms with Crippen LogP contribution in [0.4, 0.5) is 0 Å². The number of sulfone groups is 1. The van der Waals surface area contributed by atoms with Gasteiger partial charge in [-0.1, -0.05) is 36.7 Å². The molecule has 0 N–H and O–H groups in total. The molecule has 1 rings (SSSR count). The van der Waals surface area contributed by atoms with Crippen LogP contribution in [-0.4, -0.2) is 29.1 Å². The van der Waals surface area contributed by atoms with Gasteiger partial charge in [-0.3, -0.25) is 0 Å². The minimum absolute atomic E-state index is 0.128. The first-order valence-electron chi connectivity index (χ1n) is 7.08. The van der Waals surface area contributed by atoms with E-state index in [2.05, 4.69) is 49.8 Å². The Kier molecular flexibility index (Phi) is 6.24. The molecule has 0 aromatic heterocycles. The summed E-state index contributed by atoms with van der Waals surface area (Å²) in [6.45, 7) is 11.4. The molecule has 0 heterocycles. The van der Waals surface area contributed by atoms with Crippen LogP contribution < -0.4 is 0 Å². The summed E-state index contributed by atoms with van der Waals surface area (Å²) in [5.74, 6) is 0.128. The van der Waals surface area contributed by atoms with Crippen molar-refractivity contribution in [3.05, 3.63) is 28.7 Å². The van der Waals surface area contributed by atoms with Crippen LogP contribution in [0, 0.1) is 0 Å². The Bertz CT molecular complexity index is 560. The molecule has 0 saturated heterocycles. The second-order valence-electron chi connectivity index (χ2n) is 6.74. The molecule has 0 bridgehead atoms. The maximum absolute atomic E-state index is 12.2. The summed E-state index contributed by atoms with van der Waals surface area (Å²) in [7, 11) is -5.00. The Hall–Kier alpha value is -0.173. The van der Waals surface area contributed by atoms with E-state index in [9.17, 15) is 8.42 Å². The first kappa shape index (κ1) is 18.9. The van der Waals surface area contributed by atoms with Gasteiger partial charge in [-0.2, -0.15) is 0 Å². The molecule has 3 nitrogen and oxygen atoms in total. The van der Waals surface area contributed by atoms with Crippen LogP contribution in [0.3, 0.4) is 0 Å². The van der Waals surface area contributed by atoms with Gasteiger partial charge in [0.1, 0.15) is 0 Å². The van der Waals surface area contributed by atoms with Gasteiger partial charge < -0.3 is 4.43 Å². The van der Waals surface area contributed by atoms with Crippen molar-refractivity contribution in [3.63, 3.8) is 0 Å². The van der Waals surface area contributed by atoms with E-state index in [1.165, 1.54) is 0 Å². The van der Waals surface area contributed by atoms with Crippen LogP contribution in [0.2, 0.25) is 18.1 Å². The van der Waals surface area contributed by atoms with Crippen LogP contribution in [-0.2, 0) is 14.3 Å². The topological polar surface area (TPSA) is 43.4 Å². The van der Waals surface area contributed by atoms with E-state index in [4.69, 9.17) is 4.43 Å². The molecule has 0 fully saturated rings. The first-order chi connectivity index (χ1) is 9.46. The maximum atomic E-state index is 12.2. The quantitative estimate of drug-likeness (QED) is 0.523. The molecule has 0 aliphatic rings. The summed E-state index contributed by atoms with van der Waals surface area (Å²) in [5, 5.41) is 0.150. The molecular weight excluding hydrogens is 368 g/mol. The monoisotopic (exact) mass is 392 g/mol. The van der Waals surface area contributed by atoms with Crippen molar-refractivity contribution >= 4 is 34.1 Å². The third-order valence-electron chi connectivity index (χ3n) is 4.00. The highest BCUT2D eigenvalue weighted by atomic mass is 79.9. The summed E-state index contributed by atoms with van der Waals surface area (Å²) in [6.07, 6.45) is 0.533. The van der Waals surface area contributed by atoms with E-state index in [0.29, 0.717) is 17.9 Å². The average Bonchev–Trinajstić information content (AvgIpc) is 2.34. The molecule has 21 heavy (non-hydrogen) atoms. The van der Waals surface area contributed by atoms with Crippen LogP contribution in [0.15, 0.2) is 33.6 Å². The maximum Gasteiger partial charge on any atom is 0.191 e. The van der Waals surface area contributed by atoms with Crippen molar-refractivity contribution in [3.8, 4) is 0 Å². The number of benzene rings is 1. The predicted molar refractivity (Wildman–Crippen MR) is 94.0 cm³/mol. The number of hydrogen-bond acceptors (Lipinski definition) is 3. The summed E-state index contributed by atoms with van der Waals surface area (Å²) in [4.78, 5) is 0.373. The SMILES string of the molecule is CC(C)(C)[Si](C)(C)OCCCS(=O)(=O)c1ccc(Br)cc1. The number of halogens is 1. The highest BCUT2D eigenvalue weighted by molar-refractivity contribution is 9.10. The Balaban J connectivity index is 2.54. The van der Waals surface area contributed by atoms with E-state index < -0.39 is 18.2 Å². The lowest BCUT2D eigenvalue weighted by molar-refractivity contribution is 0.288.